The molecule has 0 saturated heterocycles. The van der Waals surface area contributed by atoms with Gasteiger partial charge in [0.15, 0.2) is 0 Å². The summed E-state index contributed by atoms with van der Waals surface area (Å²) in [6.45, 7) is 5.35. The van der Waals surface area contributed by atoms with Crippen molar-refractivity contribution in [2.45, 2.75) is 26.7 Å². The molecule has 0 radical (unpaired) electrons. The van der Waals surface area contributed by atoms with Crippen LogP contribution in [0.1, 0.15) is 41.3 Å². The van der Waals surface area contributed by atoms with Crippen LogP contribution in [0.3, 0.4) is 0 Å². The largest absolute Gasteiger partial charge is 0.395 e. The lowest BCUT2D eigenvalue weighted by molar-refractivity contribution is 0.0719. The summed E-state index contributed by atoms with van der Waals surface area (Å²) in [5.41, 5.74) is 7.85. The van der Waals surface area contributed by atoms with Crippen molar-refractivity contribution in [1.29, 1.82) is 0 Å². The lowest BCUT2D eigenvalue weighted by atomic mass is 10.0. The number of nitrogens with zero attached hydrogens (tertiary/aromatic N) is 1. The van der Waals surface area contributed by atoms with Crippen LogP contribution in [-0.2, 0) is 0 Å². The summed E-state index contributed by atoms with van der Waals surface area (Å²) < 4.78 is 0. The molecule has 0 bridgehead atoms. The molecule has 1 aromatic rings. The van der Waals surface area contributed by atoms with E-state index in [9.17, 15) is 4.79 Å². The van der Waals surface area contributed by atoms with Gasteiger partial charge in [-0.1, -0.05) is 25.2 Å². The number of amides is 1. The topological polar surface area (TPSA) is 66.6 Å². The Morgan fingerprint density at radius 1 is 1.38 bits per heavy atom. The number of hydrogen-bond donors (Lipinski definition) is 2. The molecule has 0 unspecified atom stereocenters. The Morgan fingerprint density at radius 3 is 2.71 bits per heavy atom. The summed E-state index contributed by atoms with van der Waals surface area (Å²) in [6.07, 6.45) is 1.95. The summed E-state index contributed by atoms with van der Waals surface area (Å²) in [5.74, 6) is 5.76. The van der Waals surface area contributed by atoms with Crippen molar-refractivity contribution in [2.24, 2.45) is 5.73 Å². The molecule has 0 atom stereocenters. The third-order valence-corrected chi connectivity index (χ3v) is 3.24. The molecular formula is C17H24N2O2. The summed E-state index contributed by atoms with van der Waals surface area (Å²) in [5, 5.41) is 9.10. The van der Waals surface area contributed by atoms with Crippen LogP contribution in [0.15, 0.2) is 18.2 Å². The first-order valence-electron chi connectivity index (χ1n) is 7.33. The van der Waals surface area contributed by atoms with E-state index < -0.39 is 0 Å². The van der Waals surface area contributed by atoms with Gasteiger partial charge in [0.2, 0.25) is 0 Å². The van der Waals surface area contributed by atoms with Gasteiger partial charge < -0.3 is 15.7 Å². The predicted molar refractivity (Wildman–Crippen MR) is 85.0 cm³/mol. The van der Waals surface area contributed by atoms with Crippen molar-refractivity contribution in [3.8, 4) is 11.8 Å². The zero-order valence-electron chi connectivity index (χ0n) is 12.9. The van der Waals surface area contributed by atoms with Gasteiger partial charge in [0.05, 0.1) is 13.2 Å². The Morgan fingerprint density at radius 2 is 2.14 bits per heavy atom. The van der Waals surface area contributed by atoms with Crippen molar-refractivity contribution in [2.75, 3.05) is 26.2 Å². The van der Waals surface area contributed by atoms with Gasteiger partial charge in [0.1, 0.15) is 0 Å². The lowest BCUT2D eigenvalue weighted by Gasteiger charge is -2.22. The van der Waals surface area contributed by atoms with Gasteiger partial charge >= 0.3 is 0 Å². The molecule has 0 aliphatic heterocycles. The highest BCUT2D eigenvalue weighted by Crippen LogP contribution is 2.13. The van der Waals surface area contributed by atoms with Crippen LogP contribution in [0.25, 0.3) is 0 Å². The minimum atomic E-state index is -0.0427. The molecule has 0 aliphatic carbocycles. The number of aryl methyl sites for hydroxylation is 1. The molecule has 3 N–H and O–H groups in total. The lowest BCUT2D eigenvalue weighted by Crippen LogP contribution is -2.34. The first-order chi connectivity index (χ1) is 10.1. The highest BCUT2D eigenvalue weighted by atomic mass is 16.3. The van der Waals surface area contributed by atoms with Gasteiger partial charge in [-0.3, -0.25) is 4.79 Å². The van der Waals surface area contributed by atoms with E-state index in [0.717, 1.165) is 24.0 Å². The zero-order valence-corrected chi connectivity index (χ0v) is 12.9. The molecule has 0 aromatic heterocycles. The minimum Gasteiger partial charge on any atom is -0.395 e. The van der Waals surface area contributed by atoms with Crippen LogP contribution < -0.4 is 5.73 Å². The third-order valence-electron chi connectivity index (χ3n) is 3.24. The molecule has 0 fully saturated rings. The highest BCUT2D eigenvalue weighted by Gasteiger charge is 2.15. The average Bonchev–Trinajstić information content (AvgIpc) is 2.49. The van der Waals surface area contributed by atoms with Crippen molar-refractivity contribution in [1.82, 2.24) is 4.90 Å². The Balaban J connectivity index is 2.92. The number of unbranched alkanes of at least 4 members (excludes halogenated alkanes) is 1. The summed E-state index contributed by atoms with van der Waals surface area (Å²) in [6, 6.07) is 5.48. The smallest absolute Gasteiger partial charge is 0.253 e. The van der Waals surface area contributed by atoms with Crippen LogP contribution in [0.2, 0.25) is 0 Å². The van der Waals surface area contributed by atoms with Gasteiger partial charge in [-0.25, -0.2) is 0 Å². The quantitative estimate of drug-likeness (QED) is 0.780. The number of aliphatic hydroxyl groups excluding tert-OH is 1. The van der Waals surface area contributed by atoms with Crippen molar-refractivity contribution >= 4 is 5.91 Å². The summed E-state index contributed by atoms with van der Waals surface area (Å²) in [7, 11) is 0. The Labute approximate surface area is 127 Å². The molecule has 0 aliphatic rings. The van der Waals surface area contributed by atoms with Crippen molar-refractivity contribution < 1.29 is 9.90 Å². The van der Waals surface area contributed by atoms with E-state index in [4.69, 9.17) is 10.8 Å². The van der Waals surface area contributed by atoms with Gasteiger partial charge in [-0.15, -0.1) is 0 Å². The van der Waals surface area contributed by atoms with E-state index in [0.29, 0.717) is 25.2 Å². The van der Waals surface area contributed by atoms with E-state index in [2.05, 4.69) is 18.8 Å². The Kier molecular flexibility index (Phi) is 7.52. The van der Waals surface area contributed by atoms with E-state index in [-0.39, 0.29) is 12.5 Å². The van der Waals surface area contributed by atoms with Crippen LogP contribution in [-0.4, -0.2) is 42.2 Å². The third kappa shape index (κ3) is 5.22. The second-order valence-electron chi connectivity index (χ2n) is 4.90. The van der Waals surface area contributed by atoms with Gasteiger partial charge in [-0.05, 0) is 37.1 Å². The summed E-state index contributed by atoms with van der Waals surface area (Å²) >= 11 is 0. The monoisotopic (exact) mass is 288 g/mol. The van der Waals surface area contributed by atoms with Crippen LogP contribution in [0, 0.1) is 18.8 Å². The highest BCUT2D eigenvalue weighted by molar-refractivity contribution is 5.94. The van der Waals surface area contributed by atoms with E-state index in [1.807, 2.05) is 19.1 Å². The standard InChI is InChI=1S/C17H24N2O2/c1-3-4-10-19(11-12-20)17(21)16-8-7-15(6-5-9-18)14(2)13-16/h7-8,13,20H,3-4,9-12,18H2,1-2H3. The van der Waals surface area contributed by atoms with Crippen molar-refractivity contribution in [3.63, 3.8) is 0 Å². The second-order valence-corrected chi connectivity index (χ2v) is 4.90. The molecule has 4 nitrogen and oxygen atoms in total. The SMILES string of the molecule is CCCCN(CCO)C(=O)c1ccc(C#CCN)c(C)c1. The average molecular weight is 288 g/mol. The number of nitrogens with two attached hydrogens (primary N) is 1. The minimum absolute atomic E-state index is 0.0193. The number of carbonyl (C=O) groups excluding carboxylic acids is 1. The molecule has 1 amide bonds. The molecular weight excluding hydrogens is 264 g/mol. The number of carbonyl (C=O) groups is 1. The van der Waals surface area contributed by atoms with E-state index in [1.54, 1.807) is 11.0 Å². The van der Waals surface area contributed by atoms with Crippen LogP contribution >= 0.6 is 0 Å². The maximum Gasteiger partial charge on any atom is 0.253 e. The molecule has 21 heavy (non-hydrogen) atoms. The zero-order chi connectivity index (χ0) is 15.7. The number of aliphatic hydroxyl groups is 1. The molecule has 1 aromatic carbocycles. The summed E-state index contributed by atoms with van der Waals surface area (Å²) in [4.78, 5) is 14.2. The van der Waals surface area contributed by atoms with Crippen LogP contribution in [0.5, 0.6) is 0 Å². The maximum atomic E-state index is 12.5. The molecule has 0 saturated carbocycles. The van der Waals surface area contributed by atoms with Crippen molar-refractivity contribution in [3.05, 3.63) is 34.9 Å². The molecule has 0 spiro atoms. The number of benzene rings is 1. The van der Waals surface area contributed by atoms with Gasteiger partial charge in [-0.2, -0.15) is 0 Å². The molecule has 0 heterocycles. The maximum absolute atomic E-state index is 12.5. The Bertz CT molecular complexity index is 529. The normalized spacial score (nSPS) is 9.90. The molecule has 1 rings (SSSR count). The second kappa shape index (κ2) is 9.17. The molecule has 4 heteroatoms. The first kappa shape index (κ1) is 17.2. The fourth-order valence-electron chi connectivity index (χ4n) is 2.05. The van der Waals surface area contributed by atoms with Gasteiger partial charge in [0.25, 0.3) is 5.91 Å². The first-order valence-corrected chi connectivity index (χ1v) is 7.33. The molecule has 114 valence electrons. The predicted octanol–water partition coefficient (Wildman–Crippen LogP) is 1.54. The van der Waals surface area contributed by atoms with E-state index >= 15 is 0 Å². The Hall–Kier alpha value is -1.83. The number of rotatable bonds is 6. The fourth-order valence-corrected chi connectivity index (χ4v) is 2.05. The van der Waals surface area contributed by atoms with E-state index in [1.165, 1.54) is 0 Å². The van der Waals surface area contributed by atoms with Gasteiger partial charge in [0, 0.05) is 24.2 Å². The fraction of sp³-hybridized carbons (Fsp3) is 0.471. The number of hydrogen-bond acceptors (Lipinski definition) is 3. The van der Waals surface area contributed by atoms with Crippen LogP contribution in [0.4, 0.5) is 0 Å².